The molecule has 1 heterocycles. The average Bonchev–Trinajstić information content (AvgIpc) is 2.70. The van der Waals surface area contributed by atoms with Crippen molar-refractivity contribution in [3.8, 4) is 0 Å². The topological polar surface area (TPSA) is 68.2 Å². The fraction of sp³-hybridized carbons (Fsp3) is 0.545. The lowest BCUT2D eigenvalue weighted by Gasteiger charge is -2.12. The summed E-state index contributed by atoms with van der Waals surface area (Å²) in [4.78, 5) is 11.8. The Hall–Kier alpha value is -1.01. The maximum absolute atomic E-state index is 11.9. The highest BCUT2D eigenvalue weighted by molar-refractivity contribution is 8.13. The quantitative estimate of drug-likeness (QED) is 0.845. The second kappa shape index (κ2) is 5.75. The first-order chi connectivity index (χ1) is 8.27. The van der Waals surface area contributed by atoms with Gasteiger partial charge in [-0.05, 0) is 26.3 Å². The van der Waals surface area contributed by atoms with Gasteiger partial charge in [-0.1, -0.05) is 6.92 Å². The summed E-state index contributed by atoms with van der Waals surface area (Å²) < 4.78 is 24.2. The van der Waals surface area contributed by atoms with Gasteiger partial charge in [-0.25, -0.2) is 8.42 Å². The number of rotatable bonds is 5. The minimum atomic E-state index is -3.82. The number of halogens is 1. The normalized spacial score (nSPS) is 11.8. The highest BCUT2D eigenvalue weighted by atomic mass is 35.7. The first-order valence-electron chi connectivity index (χ1n) is 5.72. The van der Waals surface area contributed by atoms with Gasteiger partial charge < -0.3 is 9.88 Å². The zero-order valence-electron chi connectivity index (χ0n) is 10.6. The Morgan fingerprint density at radius 2 is 2.11 bits per heavy atom. The molecule has 1 amide bonds. The van der Waals surface area contributed by atoms with E-state index < -0.39 is 9.05 Å². The molecule has 0 aliphatic carbocycles. The molecule has 0 bridgehead atoms. The molecule has 0 radical (unpaired) electrons. The molecule has 1 aromatic heterocycles. The third kappa shape index (κ3) is 3.49. The number of hydrogen-bond acceptors (Lipinski definition) is 3. The van der Waals surface area contributed by atoms with Crippen LogP contribution in [-0.2, 0) is 9.05 Å². The summed E-state index contributed by atoms with van der Waals surface area (Å²) in [5.74, 6) is -0.294. The zero-order chi connectivity index (χ0) is 13.9. The number of carbonyl (C=O) groups excluding carboxylic acids is 1. The number of nitrogens with one attached hydrogen (secondary N) is 1. The van der Waals surface area contributed by atoms with Crippen LogP contribution in [0.3, 0.4) is 0 Å². The summed E-state index contributed by atoms with van der Waals surface area (Å²) in [5.41, 5.74) is 0.303. The van der Waals surface area contributed by atoms with Gasteiger partial charge in [0.15, 0.2) is 0 Å². The molecule has 0 unspecified atom stereocenters. The molecule has 18 heavy (non-hydrogen) atoms. The average molecular weight is 293 g/mol. The van der Waals surface area contributed by atoms with Crippen LogP contribution in [0.25, 0.3) is 0 Å². The third-order valence-electron chi connectivity index (χ3n) is 2.43. The Morgan fingerprint density at radius 1 is 1.50 bits per heavy atom. The molecule has 0 atom stereocenters. The molecule has 0 aliphatic rings. The number of amides is 1. The predicted molar refractivity (Wildman–Crippen MR) is 70.5 cm³/mol. The van der Waals surface area contributed by atoms with Crippen LogP contribution in [0.4, 0.5) is 0 Å². The first kappa shape index (κ1) is 15.0. The Bertz CT molecular complexity index is 534. The Kier molecular flexibility index (Phi) is 4.81. The van der Waals surface area contributed by atoms with Gasteiger partial charge in [0.05, 0.1) is 0 Å². The van der Waals surface area contributed by atoms with Crippen molar-refractivity contribution in [2.45, 2.75) is 38.1 Å². The Morgan fingerprint density at radius 3 is 2.56 bits per heavy atom. The molecule has 0 aromatic carbocycles. The van der Waals surface area contributed by atoms with Gasteiger partial charge in [0.25, 0.3) is 15.0 Å². The number of aromatic nitrogens is 1. The third-order valence-corrected chi connectivity index (χ3v) is 3.75. The second-order valence-corrected chi connectivity index (χ2v) is 6.82. The summed E-state index contributed by atoms with van der Waals surface area (Å²) in [6.45, 7) is 6.21. The highest BCUT2D eigenvalue weighted by Gasteiger charge is 2.20. The van der Waals surface area contributed by atoms with Gasteiger partial charge in [0.2, 0.25) is 0 Å². The minimum absolute atomic E-state index is 0.0282. The SMILES string of the molecule is CCCNC(=O)c1cc(S(=O)(=O)Cl)cn1C(C)C. The molecule has 1 N–H and O–H groups in total. The van der Waals surface area contributed by atoms with Crippen LogP contribution in [0.1, 0.15) is 43.7 Å². The van der Waals surface area contributed by atoms with Crippen LogP contribution in [0.5, 0.6) is 0 Å². The first-order valence-corrected chi connectivity index (χ1v) is 8.03. The summed E-state index contributed by atoms with van der Waals surface area (Å²) in [6, 6.07) is 1.27. The zero-order valence-corrected chi connectivity index (χ0v) is 12.2. The van der Waals surface area contributed by atoms with E-state index in [1.807, 2.05) is 20.8 Å². The van der Waals surface area contributed by atoms with Gasteiger partial charge in [-0.15, -0.1) is 0 Å². The van der Waals surface area contributed by atoms with Gasteiger partial charge in [0.1, 0.15) is 10.6 Å². The van der Waals surface area contributed by atoms with Crippen molar-refractivity contribution in [2.75, 3.05) is 6.54 Å². The van der Waals surface area contributed by atoms with Crippen molar-refractivity contribution < 1.29 is 13.2 Å². The monoisotopic (exact) mass is 292 g/mol. The van der Waals surface area contributed by atoms with Crippen LogP contribution in [0, 0.1) is 0 Å². The van der Waals surface area contributed by atoms with Crippen LogP contribution in [0.2, 0.25) is 0 Å². The van der Waals surface area contributed by atoms with E-state index in [1.165, 1.54) is 12.3 Å². The van der Waals surface area contributed by atoms with Gasteiger partial charge in [-0.2, -0.15) is 0 Å². The molecule has 1 aromatic rings. The standard InChI is InChI=1S/C11H17ClN2O3S/c1-4-5-13-11(15)10-6-9(18(12,16)17)7-14(10)8(2)3/h6-8H,4-5H2,1-3H3,(H,13,15). The highest BCUT2D eigenvalue weighted by Crippen LogP contribution is 2.21. The van der Waals surface area contributed by atoms with E-state index in [0.717, 1.165) is 6.42 Å². The van der Waals surface area contributed by atoms with Gasteiger partial charge in [-0.3, -0.25) is 4.79 Å². The predicted octanol–water partition coefficient (Wildman–Crippen LogP) is 2.14. The van der Waals surface area contributed by atoms with Crippen LogP contribution in [0.15, 0.2) is 17.2 Å². The van der Waals surface area contributed by atoms with Crippen molar-refractivity contribution in [1.29, 1.82) is 0 Å². The molecule has 0 aliphatic heterocycles. The van der Waals surface area contributed by atoms with Crippen molar-refractivity contribution in [1.82, 2.24) is 9.88 Å². The van der Waals surface area contributed by atoms with Crippen molar-refractivity contribution in [3.05, 3.63) is 18.0 Å². The largest absolute Gasteiger partial charge is 0.351 e. The van der Waals surface area contributed by atoms with E-state index in [9.17, 15) is 13.2 Å². The molecule has 0 saturated heterocycles. The molecular formula is C11H17ClN2O3S. The lowest BCUT2D eigenvalue weighted by atomic mass is 10.3. The van der Waals surface area contributed by atoms with E-state index in [2.05, 4.69) is 5.32 Å². The summed E-state index contributed by atoms with van der Waals surface area (Å²) in [5, 5.41) is 2.71. The number of carbonyl (C=O) groups is 1. The van der Waals surface area contributed by atoms with Crippen LogP contribution in [-0.4, -0.2) is 25.4 Å². The Labute approximate surface area is 112 Å². The summed E-state index contributed by atoms with van der Waals surface area (Å²) in [7, 11) is 1.46. The van der Waals surface area contributed by atoms with E-state index >= 15 is 0 Å². The molecule has 7 heteroatoms. The molecule has 1 rings (SSSR count). The second-order valence-electron chi connectivity index (χ2n) is 4.26. The van der Waals surface area contributed by atoms with Crippen molar-refractivity contribution in [3.63, 3.8) is 0 Å². The Balaban J connectivity index is 3.17. The van der Waals surface area contributed by atoms with Gasteiger partial charge >= 0.3 is 0 Å². The van der Waals surface area contributed by atoms with E-state index in [4.69, 9.17) is 10.7 Å². The summed E-state index contributed by atoms with van der Waals surface area (Å²) >= 11 is 0. The van der Waals surface area contributed by atoms with E-state index in [1.54, 1.807) is 4.57 Å². The lowest BCUT2D eigenvalue weighted by molar-refractivity contribution is 0.0943. The number of nitrogens with zero attached hydrogens (tertiary/aromatic N) is 1. The summed E-state index contributed by atoms with van der Waals surface area (Å²) in [6.07, 6.45) is 2.20. The van der Waals surface area contributed by atoms with Crippen molar-refractivity contribution in [2.24, 2.45) is 0 Å². The van der Waals surface area contributed by atoms with Crippen molar-refractivity contribution >= 4 is 25.6 Å². The minimum Gasteiger partial charge on any atom is -0.351 e. The van der Waals surface area contributed by atoms with Crippen LogP contribution >= 0.6 is 10.7 Å². The van der Waals surface area contributed by atoms with Gasteiger partial charge in [0, 0.05) is 29.5 Å². The van der Waals surface area contributed by atoms with Crippen LogP contribution < -0.4 is 5.32 Å². The number of hydrogen-bond donors (Lipinski definition) is 1. The molecule has 0 spiro atoms. The van der Waals surface area contributed by atoms with E-state index in [0.29, 0.717) is 12.2 Å². The fourth-order valence-electron chi connectivity index (χ4n) is 1.53. The maximum Gasteiger partial charge on any atom is 0.267 e. The molecular weight excluding hydrogens is 276 g/mol. The molecule has 0 fully saturated rings. The van der Waals surface area contributed by atoms with E-state index in [-0.39, 0.29) is 16.8 Å². The molecule has 5 nitrogen and oxygen atoms in total. The fourth-order valence-corrected chi connectivity index (χ4v) is 2.27. The molecule has 102 valence electrons. The molecule has 0 saturated carbocycles. The smallest absolute Gasteiger partial charge is 0.267 e. The maximum atomic E-state index is 11.9. The lowest BCUT2D eigenvalue weighted by Crippen LogP contribution is -2.26.